The van der Waals surface area contributed by atoms with Crippen LogP contribution in [0.15, 0.2) is 24.4 Å². The van der Waals surface area contributed by atoms with Crippen LogP contribution in [0, 0.1) is 6.92 Å². The van der Waals surface area contributed by atoms with Gasteiger partial charge in [-0.1, -0.05) is 17.7 Å². The van der Waals surface area contributed by atoms with E-state index in [1.54, 1.807) is 18.3 Å². The number of aromatic nitrogens is 4. The Morgan fingerprint density at radius 3 is 2.89 bits per heavy atom. The second-order valence-corrected chi connectivity index (χ2v) is 4.72. The van der Waals surface area contributed by atoms with Gasteiger partial charge in [0.15, 0.2) is 5.65 Å². The second kappa shape index (κ2) is 4.68. The van der Waals surface area contributed by atoms with Gasteiger partial charge in [-0.05, 0) is 36.2 Å². The highest BCUT2D eigenvalue weighted by Gasteiger charge is 2.12. The number of H-pyrrole nitrogens is 1. The molecule has 0 spiro atoms. The minimum atomic E-state index is 0.0893. The van der Waals surface area contributed by atoms with E-state index in [1.807, 2.05) is 13.0 Å². The maximum atomic E-state index is 5.95. The Kier molecular flexibility index (Phi) is 3.00. The van der Waals surface area contributed by atoms with Crippen LogP contribution < -0.4 is 4.74 Å². The van der Waals surface area contributed by atoms with Crippen LogP contribution in [0.25, 0.3) is 11.0 Å². The molecule has 0 amide bonds. The van der Waals surface area contributed by atoms with Crippen LogP contribution in [-0.4, -0.2) is 20.2 Å². The summed E-state index contributed by atoms with van der Waals surface area (Å²) in [6.45, 7) is 1.92. The lowest BCUT2D eigenvalue weighted by Crippen LogP contribution is -1.93. The SMILES string of the molecule is Cc1ccc(Cl)cc1Oc1nc(Cl)nc2[nH]ncc12. The number of halogens is 2. The fraction of sp³-hybridized carbons (Fsp3) is 0.0833. The maximum absolute atomic E-state index is 5.95. The Morgan fingerprint density at radius 1 is 1.21 bits per heavy atom. The van der Waals surface area contributed by atoms with Crippen molar-refractivity contribution in [3.8, 4) is 11.6 Å². The van der Waals surface area contributed by atoms with Gasteiger partial charge in [0.05, 0.1) is 6.20 Å². The van der Waals surface area contributed by atoms with Crippen LogP contribution >= 0.6 is 23.2 Å². The molecule has 5 nitrogen and oxygen atoms in total. The van der Waals surface area contributed by atoms with Crippen molar-refractivity contribution >= 4 is 34.2 Å². The number of fused-ring (bicyclic) bond motifs is 1. The molecule has 0 aliphatic rings. The van der Waals surface area contributed by atoms with Gasteiger partial charge in [0.1, 0.15) is 11.1 Å². The lowest BCUT2D eigenvalue weighted by Gasteiger charge is -2.08. The van der Waals surface area contributed by atoms with Crippen molar-refractivity contribution in [2.75, 3.05) is 0 Å². The van der Waals surface area contributed by atoms with E-state index in [-0.39, 0.29) is 5.28 Å². The maximum Gasteiger partial charge on any atom is 0.234 e. The van der Waals surface area contributed by atoms with Gasteiger partial charge in [-0.15, -0.1) is 0 Å². The summed E-state index contributed by atoms with van der Waals surface area (Å²) in [5.41, 5.74) is 1.46. The number of nitrogens with zero attached hydrogens (tertiary/aromatic N) is 3. The third-order valence-corrected chi connectivity index (χ3v) is 3.01. The molecule has 19 heavy (non-hydrogen) atoms. The monoisotopic (exact) mass is 294 g/mol. The molecule has 7 heteroatoms. The molecule has 3 rings (SSSR count). The summed E-state index contributed by atoms with van der Waals surface area (Å²) in [6, 6.07) is 5.38. The van der Waals surface area contributed by atoms with Crippen molar-refractivity contribution in [2.45, 2.75) is 6.92 Å². The van der Waals surface area contributed by atoms with E-state index in [2.05, 4.69) is 20.2 Å². The minimum Gasteiger partial charge on any atom is -0.438 e. The molecule has 0 unspecified atom stereocenters. The van der Waals surface area contributed by atoms with Crippen molar-refractivity contribution in [1.82, 2.24) is 20.2 Å². The minimum absolute atomic E-state index is 0.0893. The second-order valence-electron chi connectivity index (χ2n) is 3.94. The van der Waals surface area contributed by atoms with Gasteiger partial charge in [0, 0.05) is 5.02 Å². The van der Waals surface area contributed by atoms with Crippen LogP contribution in [0.5, 0.6) is 11.6 Å². The number of hydrogen-bond donors (Lipinski definition) is 1. The number of hydrogen-bond acceptors (Lipinski definition) is 4. The molecule has 2 heterocycles. The molecule has 0 bridgehead atoms. The van der Waals surface area contributed by atoms with E-state index < -0.39 is 0 Å². The van der Waals surface area contributed by atoms with Gasteiger partial charge in [0.2, 0.25) is 11.2 Å². The van der Waals surface area contributed by atoms with Crippen molar-refractivity contribution in [1.29, 1.82) is 0 Å². The zero-order valence-electron chi connectivity index (χ0n) is 9.82. The number of ether oxygens (including phenoxy) is 1. The molecule has 2 aromatic heterocycles. The van der Waals surface area contributed by atoms with E-state index in [0.29, 0.717) is 27.7 Å². The summed E-state index contributed by atoms with van der Waals surface area (Å²) < 4.78 is 5.76. The standard InChI is InChI=1S/C12H8Cl2N4O/c1-6-2-3-7(13)4-9(6)19-11-8-5-15-18-10(8)16-12(14)17-11/h2-5H,1H3,(H,15,16,17,18). The molecule has 0 saturated carbocycles. The highest BCUT2D eigenvalue weighted by atomic mass is 35.5. The molecule has 0 saturated heterocycles. The molecular formula is C12H8Cl2N4O. The predicted molar refractivity (Wildman–Crippen MR) is 73.0 cm³/mol. The van der Waals surface area contributed by atoms with Gasteiger partial charge < -0.3 is 4.74 Å². The summed E-state index contributed by atoms with van der Waals surface area (Å²) in [5.74, 6) is 0.957. The normalized spacial score (nSPS) is 10.9. The molecule has 0 aliphatic carbocycles. The summed E-state index contributed by atoms with van der Waals surface area (Å²) in [7, 11) is 0. The quantitative estimate of drug-likeness (QED) is 0.731. The first kappa shape index (κ1) is 12.2. The van der Waals surface area contributed by atoms with Crippen molar-refractivity contribution in [2.24, 2.45) is 0 Å². The van der Waals surface area contributed by atoms with Crippen molar-refractivity contribution in [3.63, 3.8) is 0 Å². The van der Waals surface area contributed by atoms with Gasteiger partial charge in [-0.2, -0.15) is 15.1 Å². The number of aryl methyl sites for hydroxylation is 1. The highest BCUT2D eigenvalue weighted by Crippen LogP contribution is 2.31. The van der Waals surface area contributed by atoms with E-state index in [4.69, 9.17) is 27.9 Å². The molecule has 0 atom stereocenters. The van der Waals surface area contributed by atoms with Crippen LogP contribution in [0.4, 0.5) is 0 Å². The molecule has 3 aromatic rings. The molecule has 1 aromatic carbocycles. The summed E-state index contributed by atoms with van der Waals surface area (Å²) in [4.78, 5) is 8.08. The molecular weight excluding hydrogens is 287 g/mol. The van der Waals surface area contributed by atoms with E-state index in [9.17, 15) is 0 Å². The van der Waals surface area contributed by atoms with Crippen LogP contribution in [0.1, 0.15) is 5.56 Å². The number of aromatic amines is 1. The lowest BCUT2D eigenvalue weighted by atomic mass is 10.2. The van der Waals surface area contributed by atoms with E-state index >= 15 is 0 Å². The Bertz CT molecular complexity index is 757. The lowest BCUT2D eigenvalue weighted by molar-refractivity contribution is 0.465. The summed E-state index contributed by atoms with van der Waals surface area (Å²) in [5, 5.41) is 7.95. The molecule has 96 valence electrons. The molecule has 0 fully saturated rings. The van der Waals surface area contributed by atoms with Gasteiger partial charge in [0.25, 0.3) is 0 Å². The Labute approximate surface area is 118 Å². The van der Waals surface area contributed by atoms with Gasteiger partial charge in [-0.3, -0.25) is 5.10 Å². The first-order valence-electron chi connectivity index (χ1n) is 5.44. The Morgan fingerprint density at radius 2 is 2.05 bits per heavy atom. The number of rotatable bonds is 2. The zero-order valence-corrected chi connectivity index (χ0v) is 11.3. The fourth-order valence-corrected chi connectivity index (χ4v) is 1.97. The first-order chi connectivity index (χ1) is 9.13. The third-order valence-electron chi connectivity index (χ3n) is 2.60. The summed E-state index contributed by atoms with van der Waals surface area (Å²) >= 11 is 11.8. The number of benzene rings is 1. The summed E-state index contributed by atoms with van der Waals surface area (Å²) in [6.07, 6.45) is 1.58. The number of nitrogens with one attached hydrogen (secondary N) is 1. The highest BCUT2D eigenvalue weighted by molar-refractivity contribution is 6.30. The fourth-order valence-electron chi connectivity index (χ4n) is 1.65. The Balaban J connectivity index is 2.10. The Hall–Kier alpha value is -1.85. The van der Waals surface area contributed by atoms with Crippen molar-refractivity contribution < 1.29 is 4.74 Å². The topological polar surface area (TPSA) is 63.7 Å². The van der Waals surface area contributed by atoms with Crippen LogP contribution in [0.2, 0.25) is 10.3 Å². The molecule has 0 aliphatic heterocycles. The predicted octanol–water partition coefficient (Wildman–Crippen LogP) is 3.76. The largest absolute Gasteiger partial charge is 0.438 e. The van der Waals surface area contributed by atoms with Gasteiger partial charge >= 0.3 is 0 Å². The average Bonchev–Trinajstić information content (AvgIpc) is 2.82. The van der Waals surface area contributed by atoms with Crippen LogP contribution in [-0.2, 0) is 0 Å². The van der Waals surface area contributed by atoms with Crippen LogP contribution in [0.3, 0.4) is 0 Å². The third kappa shape index (κ3) is 2.34. The average molecular weight is 295 g/mol. The van der Waals surface area contributed by atoms with Gasteiger partial charge in [-0.25, -0.2) is 0 Å². The zero-order chi connectivity index (χ0) is 13.4. The smallest absolute Gasteiger partial charge is 0.234 e. The first-order valence-corrected chi connectivity index (χ1v) is 6.20. The van der Waals surface area contributed by atoms with Crippen molar-refractivity contribution in [3.05, 3.63) is 40.3 Å². The van der Waals surface area contributed by atoms with E-state index in [0.717, 1.165) is 5.56 Å². The van der Waals surface area contributed by atoms with E-state index in [1.165, 1.54) is 0 Å². The molecule has 1 N–H and O–H groups in total. The molecule has 0 radical (unpaired) electrons.